The third-order valence-electron chi connectivity index (χ3n) is 4.69. The van der Waals surface area contributed by atoms with Crippen molar-refractivity contribution in [1.29, 1.82) is 0 Å². The summed E-state index contributed by atoms with van der Waals surface area (Å²) in [5.74, 6) is -0.0376. The molecule has 0 radical (unpaired) electrons. The molecule has 0 aliphatic heterocycles. The van der Waals surface area contributed by atoms with E-state index in [2.05, 4.69) is 26.3 Å². The van der Waals surface area contributed by atoms with Gasteiger partial charge in [-0.1, -0.05) is 46.3 Å². The van der Waals surface area contributed by atoms with Gasteiger partial charge >= 0.3 is 0 Å². The fourth-order valence-electron chi connectivity index (χ4n) is 3.27. The Morgan fingerprint density at radius 3 is 2.39 bits per heavy atom. The van der Waals surface area contributed by atoms with Crippen LogP contribution in [0.3, 0.4) is 0 Å². The van der Waals surface area contributed by atoms with Crippen LogP contribution < -0.4 is 10.9 Å². The van der Waals surface area contributed by atoms with Crippen molar-refractivity contribution < 1.29 is 4.79 Å². The van der Waals surface area contributed by atoms with E-state index in [1.807, 2.05) is 62.4 Å². The first-order valence-corrected chi connectivity index (χ1v) is 10.5. The molecule has 0 saturated heterocycles. The number of carbonyl (C=O) groups is 1. The van der Waals surface area contributed by atoms with Gasteiger partial charge in [-0.25, -0.2) is 9.67 Å². The quantitative estimate of drug-likeness (QED) is 0.468. The molecule has 8 heteroatoms. The van der Waals surface area contributed by atoms with Crippen molar-refractivity contribution in [1.82, 2.24) is 19.3 Å². The number of hydrogen-bond acceptors (Lipinski definition) is 4. The van der Waals surface area contributed by atoms with Gasteiger partial charge in [0.2, 0.25) is 11.9 Å². The van der Waals surface area contributed by atoms with E-state index in [1.54, 1.807) is 16.8 Å². The van der Waals surface area contributed by atoms with Gasteiger partial charge in [-0.05, 0) is 44.2 Å². The summed E-state index contributed by atoms with van der Waals surface area (Å²) in [6.07, 6.45) is 0. The SMILES string of the molecule is Cc1cc(C)n(-c2nc(-c3ccccc3)cc(=O)n2CC(=O)Nc2ccc(Br)cc2)n1. The number of hydrogen-bond donors (Lipinski definition) is 1. The Labute approximate surface area is 187 Å². The van der Waals surface area contributed by atoms with E-state index in [0.717, 1.165) is 21.4 Å². The Balaban J connectivity index is 1.75. The minimum Gasteiger partial charge on any atom is -0.325 e. The zero-order valence-corrected chi connectivity index (χ0v) is 18.6. The Morgan fingerprint density at radius 2 is 1.74 bits per heavy atom. The molecule has 4 rings (SSSR count). The van der Waals surface area contributed by atoms with Crippen molar-refractivity contribution >= 4 is 27.5 Å². The third kappa shape index (κ3) is 4.64. The van der Waals surface area contributed by atoms with Crippen LogP contribution in [0.25, 0.3) is 17.2 Å². The second kappa shape index (κ2) is 8.69. The van der Waals surface area contributed by atoms with E-state index < -0.39 is 0 Å². The minimum atomic E-state index is -0.332. The molecule has 2 aromatic heterocycles. The number of nitrogens with one attached hydrogen (secondary N) is 1. The van der Waals surface area contributed by atoms with Crippen molar-refractivity contribution in [3.8, 4) is 17.2 Å². The molecule has 0 saturated carbocycles. The standard InChI is InChI=1S/C23H20BrN5O2/c1-15-12-16(2)29(27-15)23-26-20(17-6-4-3-5-7-17)13-22(31)28(23)14-21(30)25-19-10-8-18(24)9-11-19/h3-13H,14H2,1-2H3,(H,25,30). The molecule has 7 nitrogen and oxygen atoms in total. The lowest BCUT2D eigenvalue weighted by molar-refractivity contribution is -0.116. The van der Waals surface area contributed by atoms with E-state index in [4.69, 9.17) is 4.98 Å². The summed E-state index contributed by atoms with van der Waals surface area (Å²) in [4.78, 5) is 30.5. The first-order valence-electron chi connectivity index (χ1n) is 9.67. The molecule has 156 valence electrons. The number of aromatic nitrogens is 4. The van der Waals surface area contributed by atoms with Gasteiger partial charge in [0.15, 0.2) is 0 Å². The lowest BCUT2D eigenvalue weighted by atomic mass is 10.1. The third-order valence-corrected chi connectivity index (χ3v) is 5.22. The van der Waals surface area contributed by atoms with Crippen molar-refractivity contribution in [3.63, 3.8) is 0 Å². The van der Waals surface area contributed by atoms with Gasteiger partial charge in [-0.15, -0.1) is 0 Å². The van der Waals surface area contributed by atoms with Crippen LogP contribution >= 0.6 is 15.9 Å². The first kappa shape index (κ1) is 20.7. The topological polar surface area (TPSA) is 81.8 Å². The predicted molar refractivity (Wildman–Crippen MR) is 123 cm³/mol. The van der Waals surface area contributed by atoms with Gasteiger partial charge < -0.3 is 5.32 Å². The summed E-state index contributed by atoms with van der Waals surface area (Å²) in [6.45, 7) is 3.56. The molecule has 0 unspecified atom stereocenters. The summed E-state index contributed by atoms with van der Waals surface area (Å²) in [6, 6.07) is 20.0. The largest absolute Gasteiger partial charge is 0.325 e. The summed E-state index contributed by atoms with van der Waals surface area (Å²) >= 11 is 3.37. The molecule has 4 aromatic rings. The molecular weight excluding hydrogens is 458 g/mol. The highest BCUT2D eigenvalue weighted by Crippen LogP contribution is 2.18. The number of amides is 1. The number of rotatable bonds is 5. The van der Waals surface area contributed by atoms with Gasteiger partial charge in [0.25, 0.3) is 5.56 Å². The summed E-state index contributed by atoms with van der Waals surface area (Å²) in [5.41, 5.74) is 3.26. The van der Waals surface area contributed by atoms with Gasteiger partial charge in [-0.3, -0.25) is 14.2 Å². The van der Waals surface area contributed by atoms with Crippen molar-refractivity contribution in [2.75, 3.05) is 5.32 Å². The fourth-order valence-corrected chi connectivity index (χ4v) is 3.53. The molecule has 1 N–H and O–H groups in total. The minimum absolute atomic E-state index is 0.190. The Kier molecular flexibility index (Phi) is 5.81. The zero-order chi connectivity index (χ0) is 22.0. The highest BCUT2D eigenvalue weighted by Gasteiger charge is 2.17. The monoisotopic (exact) mass is 477 g/mol. The summed E-state index contributed by atoms with van der Waals surface area (Å²) in [7, 11) is 0. The van der Waals surface area contributed by atoms with Gasteiger partial charge in [-0.2, -0.15) is 5.10 Å². The van der Waals surface area contributed by atoms with Crippen molar-refractivity contribution in [2.45, 2.75) is 20.4 Å². The number of benzene rings is 2. The van der Waals surface area contributed by atoms with E-state index in [-0.39, 0.29) is 18.0 Å². The molecule has 0 spiro atoms. The van der Waals surface area contributed by atoms with Gasteiger partial charge in [0.05, 0.1) is 11.4 Å². The van der Waals surface area contributed by atoms with Gasteiger partial charge in [0.1, 0.15) is 6.54 Å². The smallest absolute Gasteiger partial charge is 0.256 e. The maximum atomic E-state index is 13.1. The summed E-state index contributed by atoms with van der Waals surface area (Å²) in [5, 5.41) is 7.29. The molecule has 0 atom stereocenters. The number of carbonyl (C=O) groups excluding carboxylic acids is 1. The van der Waals surface area contributed by atoms with Crippen LogP contribution in [0.5, 0.6) is 0 Å². The van der Waals surface area contributed by atoms with E-state index >= 15 is 0 Å². The van der Waals surface area contributed by atoms with E-state index in [0.29, 0.717) is 17.3 Å². The lowest BCUT2D eigenvalue weighted by Crippen LogP contribution is -2.31. The number of nitrogens with zero attached hydrogens (tertiary/aromatic N) is 4. The number of aryl methyl sites for hydroxylation is 2. The normalized spacial score (nSPS) is 10.8. The second-order valence-corrected chi connectivity index (χ2v) is 8.04. The fraction of sp³-hybridized carbons (Fsp3) is 0.130. The molecule has 0 bridgehead atoms. The molecule has 0 aliphatic carbocycles. The molecular formula is C23H20BrN5O2. The molecule has 2 heterocycles. The Morgan fingerprint density at radius 1 is 1.03 bits per heavy atom. The average molecular weight is 478 g/mol. The molecule has 1 amide bonds. The summed E-state index contributed by atoms with van der Waals surface area (Å²) < 4.78 is 3.84. The molecule has 31 heavy (non-hydrogen) atoms. The predicted octanol–water partition coefficient (Wildman–Crippen LogP) is 4.11. The molecule has 0 fully saturated rings. The Bertz CT molecular complexity index is 1290. The zero-order valence-electron chi connectivity index (χ0n) is 17.0. The van der Waals surface area contributed by atoms with Crippen molar-refractivity contribution in [2.24, 2.45) is 0 Å². The van der Waals surface area contributed by atoms with Gasteiger partial charge in [0, 0.05) is 27.5 Å². The van der Waals surface area contributed by atoms with Crippen LogP contribution in [0.1, 0.15) is 11.4 Å². The average Bonchev–Trinajstić information content (AvgIpc) is 3.09. The van der Waals surface area contributed by atoms with Crippen LogP contribution in [-0.4, -0.2) is 25.2 Å². The maximum Gasteiger partial charge on any atom is 0.256 e. The maximum absolute atomic E-state index is 13.1. The second-order valence-electron chi connectivity index (χ2n) is 7.13. The van der Waals surface area contributed by atoms with E-state index in [1.165, 1.54) is 10.6 Å². The molecule has 0 aliphatic rings. The van der Waals surface area contributed by atoms with Crippen LogP contribution in [0.4, 0.5) is 5.69 Å². The van der Waals surface area contributed by atoms with Crippen LogP contribution in [0.15, 0.2) is 76.0 Å². The highest BCUT2D eigenvalue weighted by atomic mass is 79.9. The highest BCUT2D eigenvalue weighted by molar-refractivity contribution is 9.10. The van der Waals surface area contributed by atoms with E-state index in [9.17, 15) is 9.59 Å². The first-order chi connectivity index (χ1) is 14.9. The van der Waals surface area contributed by atoms with Crippen LogP contribution in [0, 0.1) is 13.8 Å². The lowest BCUT2D eigenvalue weighted by Gasteiger charge is -2.14. The molecule has 2 aromatic carbocycles. The number of halogens is 1. The van der Waals surface area contributed by atoms with Crippen LogP contribution in [-0.2, 0) is 11.3 Å². The Hall–Kier alpha value is -3.52. The number of anilines is 1. The van der Waals surface area contributed by atoms with Crippen LogP contribution in [0.2, 0.25) is 0 Å². The van der Waals surface area contributed by atoms with Crippen molar-refractivity contribution in [3.05, 3.63) is 92.9 Å².